The average molecular weight is 502 g/mol. The summed E-state index contributed by atoms with van der Waals surface area (Å²) in [5.74, 6) is 1.98. The topological polar surface area (TPSA) is 105 Å². The predicted octanol–water partition coefficient (Wildman–Crippen LogP) is 4.54. The Kier molecular flexibility index (Phi) is 7.87. The maximum Gasteiger partial charge on any atom is 0.229 e. The second-order valence-corrected chi connectivity index (χ2v) is 10.9. The predicted molar refractivity (Wildman–Crippen MR) is 136 cm³/mol. The van der Waals surface area contributed by atoms with Gasteiger partial charge in [0, 0.05) is 23.7 Å². The number of rotatable bonds is 9. The molecular weight excluding hydrogens is 474 g/mol. The number of hydrogen-bond donors (Lipinski definition) is 3. The summed E-state index contributed by atoms with van der Waals surface area (Å²) in [4.78, 5) is 8.76. The number of halogens is 1. The Bertz CT molecular complexity index is 1230. The van der Waals surface area contributed by atoms with E-state index in [1.54, 1.807) is 18.2 Å². The smallest absolute Gasteiger partial charge is 0.229 e. The monoisotopic (exact) mass is 501 g/mol. The normalized spacial score (nSPS) is 14.5. The summed E-state index contributed by atoms with van der Waals surface area (Å²) < 4.78 is 29.6. The molecule has 0 aliphatic carbocycles. The molecule has 0 radical (unpaired) electrons. The molecule has 4 rings (SSSR count). The van der Waals surface area contributed by atoms with E-state index in [0.717, 1.165) is 37.4 Å². The first-order valence-corrected chi connectivity index (χ1v) is 13.6. The van der Waals surface area contributed by atoms with Gasteiger partial charge < -0.3 is 20.7 Å². The number of aromatic nitrogens is 2. The zero-order chi connectivity index (χ0) is 24.0. The highest BCUT2D eigenvalue weighted by atomic mass is 35.5. The van der Waals surface area contributed by atoms with Crippen LogP contribution in [0, 0.1) is 5.92 Å². The van der Waals surface area contributed by atoms with Crippen LogP contribution in [0.25, 0.3) is 0 Å². The zero-order valence-electron chi connectivity index (χ0n) is 18.9. The number of anilines is 4. The molecule has 0 unspecified atom stereocenters. The van der Waals surface area contributed by atoms with Crippen molar-refractivity contribution >= 4 is 44.6 Å². The van der Waals surface area contributed by atoms with Crippen molar-refractivity contribution in [3.8, 4) is 5.75 Å². The van der Waals surface area contributed by atoms with Gasteiger partial charge in [0.25, 0.3) is 0 Å². The lowest BCUT2D eigenvalue weighted by molar-refractivity contribution is 0.215. The molecule has 1 saturated heterocycles. The van der Waals surface area contributed by atoms with Crippen molar-refractivity contribution in [3.63, 3.8) is 0 Å². The minimum Gasteiger partial charge on any atom is -0.493 e. The molecule has 8 nitrogen and oxygen atoms in total. The van der Waals surface area contributed by atoms with Gasteiger partial charge in [-0.1, -0.05) is 35.9 Å². The fourth-order valence-corrected chi connectivity index (χ4v) is 4.70. The van der Waals surface area contributed by atoms with Crippen LogP contribution in [-0.4, -0.2) is 44.3 Å². The summed E-state index contributed by atoms with van der Waals surface area (Å²) in [5, 5.41) is 10.0. The highest BCUT2D eigenvalue weighted by Gasteiger charge is 2.14. The van der Waals surface area contributed by atoms with E-state index in [-0.39, 0.29) is 5.75 Å². The highest BCUT2D eigenvalue weighted by molar-refractivity contribution is 7.89. The van der Waals surface area contributed by atoms with Crippen molar-refractivity contribution in [2.75, 3.05) is 36.6 Å². The van der Waals surface area contributed by atoms with E-state index in [4.69, 9.17) is 16.3 Å². The molecule has 1 aliphatic heterocycles. The van der Waals surface area contributed by atoms with E-state index in [0.29, 0.717) is 40.6 Å². The molecule has 2 heterocycles. The van der Waals surface area contributed by atoms with E-state index < -0.39 is 9.84 Å². The lowest BCUT2D eigenvalue weighted by Crippen LogP contribution is -2.30. The Morgan fingerprint density at radius 1 is 1.12 bits per heavy atom. The van der Waals surface area contributed by atoms with Crippen molar-refractivity contribution in [1.29, 1.82) is 0 Å². The molecule has 34 heavy (non-hydrogen) atoms. The van der Waals surface area contributed by atoms with Crippen LogP contribution in [0.4, 0.5) is 23.1 Å². The van der Waals surface area contributed by atoms with Gasteiger partial charge in [-0.2, -0.15) is 4.98 Å². The molecule has 0 spiro atoms. The standard InChI is InChI=1S/C24H28ClN5O3S/c1-34(31,32)16-18-5-2-3-8-22(18)29-23-21(25)14-27-24(30-23)28-19-6-4-7-20(13-19)33-15-17-9-11-26-12-10-17/h2-8,13-14,17,26H,9-12,15-16H2,1H3,(H2,27,28,29,30). The number of benzene rings is 2. The molecule has 1 fully saturated rings. The maximum atomic E-state index is 11.8. The van der Waals surface area contributed by atoms with Gasteiger partial charge in [-0.15, -0.1) is 0 Å². The summed E-state index contributed by atoms with van der Waals surface area (Å²) in [5.41, 5.74) is 2.04. The lowest BCUT2D eigenvalue weighted by atomic mass is 9.99. The van der Waals surface area contributed by atoms with Gasteiger partial charge in [-0.3, -0.25) is 0 Å². The number of nitrogens with one attached hydrogen (secondary N) is 3. The van der Waals surface area contributed by atoms with Gasteiger partial charge in [0.05, 0.1) is 18.6 Å². The molecule has 180 valence electrons. The zero-order valence-corrected chi connectivity index (χ0v) is 20.5. The summed E-state index contributed by atoms with van der Waals surface area (Å²) in [7, 11) is -3.20. The Morgan fingerprint density at radius 3 is 2.71 bits per heavy atom. The molecule has 3 N–H and O–H groups in total. The molecule has 1 aromatic heterocycles. The van der Waals surface area contributed by atoms with Crippen molar-refractivity contribution in [2.24, 2.45) is 5.92 Å². The van der Waals surface area contributed by atoms with Crippen molar-refractivity contribution in [1.82, 2.24) is 15.3 Å². The van der Waals surface area contributed by atoms with Crippen LogP contribution in [0.2, 0.25) is 5.02 Å². The Labute approximate surface area is 205 Å². The first-order valence-electron chi connectivity index (χ1n) is 11.1. The van der Waals surface area contributed by atoms with E-state index in [2.05, 4.69) is 25.9 Å². The lowest BCUT2D eigenvalue weighted by Gasteiger charge is -2.22. The Morgan fingerprint density at radius 2 is 1.91 bits per heavy atom. The third-order valence-electron chi connectivity index (χ3n) is 5.47. The van der Waals surface area contributed by atoms with Gasteiger partial charge >= 0.3 is 0 Å². The van der Waals surface area contributed by atoms with Crippen LogP contribution < -0.4 is 20.7 Å². The molecule has 0 atom stereocenters. The molecule has 2 aromatic carbocycles. The van der Waals surface area contributed by atoms with Crippen molar-refractivity contribution in [3.05, 3.63) is 65.3 Å². The van der Waals surface area contributed by atoms with E-state index >= 15 is 0 Å². The highest BCUT2D eigenvalue weighted by Crippen LogP contribution is 2.28. The van der Waals surface area contributed by atoms with Crippen LogP contribution in [0.15, 0.2) is 54.7 Å². The van der Waals surface area contributed by atoms with Gasteiger partial charge in [0.2, 0.25) is 5.95 Å². The largest absolute Gasteiger partial charge is 0.493 e. The molecule has 10 heteroatoms. The van der Waals surface area contributed by atoms with Crippen molar-refractivity contribution in [2.45, 2.75) is 18.6 Å². The summed E-state index contributed by atoms with van der Waals surface area (Å²) in [6, 6.07) is 14.8. The SMILES string of the molecule is CS(=O)(=O)Cc1ccccc1Nc1nc(Nc2cccc(OCC3CCNCC3)c2)ncc1Cl. The van der Waals surface area contributed by atoms with E-state index in [1.807, 2.05) is 30.3 Å². The van der Waals surface area contributed by atoms with Crippen LogP contribution in [0.1, 0.15) is 18.4 Å². The summed E-state index contributed by atoms with van der Waals surface area (Å²) in [6.45, 7) is 2.78. The van der Waals surface area contributed by atoms with E-state index in [1.165, 1.54) is 12.5 Å². The molecule has 1 aliphatic rings. The van der Waals surface area contributed by atoms with Gasteiger partial charge in [-0.05, 0) is 55.6 Å². The quantitative estimate of drug-likeness (QED) is 0.392. The average Bonchev–Trinajstić information content (AvgIpc) is 2.81. The van der Waals surface area contributed by atoms with Crippen LogP contribution in [-0.2, 0) is 15.6 Å². The fraction of sp³-hybridized carbons (Fsp3) is 0.333. The minimum atomic E-state index is -3.20. The van der Waals surface area contributed by atoms with Crippen LogP contribution in [0.5, 0.6) is 5.75 Å². The first kappa shape index (κ1) is 24.3. The number of hydrogen-bond acceptors (Lipinski definition) is 8. The fourth-order valence-electron chi connectivity index (χ4n) is 3.75. The molecule has 3 aromatic rings. The van der Waals surface area contributed by atoms with Crippen LogP contribution in [0.3, 0.4) is 0 Å². The number of nitrogens with zero attached hydrogens (tertiary/aromatic N) is 2. The van der Waals surface area contributed by atoms with Gasteiger partial charge in [-0.25, -0.2) is 13.4 Å². The molecule has 0 saturated carbocycles. The van der Waals surface area contributed by atoms with Gasteiger partial charge in [0.15, 0.2) is 15.7 Å². The van der Waals surface area contributed by atoms with Gasteiger partial charge in [0.1, 0.15) is 10.8 Å². The molecule has 0 bridgehead atoms. The van der Waals surface area contributed by atoms with Crippen LogP contribution >= 0.6 is 11.6 Å². The van der Waals surface area contributed by atoms with E-state index in [9.17, 15) is 8.42 Å². The number of piperidine rings is 1. The number of ether oxygens (including phenoxy) is 1. The number of para-hydroxylation sites is 1. The molecule has 0 amide bonds. The molecular formula is C24H28ClN5O3S. The second-order valence-electron chi connectivity index (χ2n) is 8.40. The second kappa shape index (κ2) is 11.0. The van der Waals surface area contributed by atoms with Crippen molar-refractivity contribution < 1.29 is 13.2 Å². The third-order valence-corrected chi connectivity index (χ3v) is 6.58. The Hall–Kier alpha value is -2.88. The third kappa shape index (κ3) is 7.06. The first-order chi connectivity index (χ1) is 16.4. The Balaban J connectivity index is 1.46. The summed E-state index contributed by atoms with van der Waals surface area (Å²) >= 11 is 6.32. The minimum absolute atomic E-state index is 0.0891. The number of sulfone groups is 1. The summed E-state index contributed by atoms with van der Waals surface area (Å²) in [6.07, 6.45) is 4.95. The maximum absolute atomic E-state index is 11.8.